The van der Waals surface area contributed by atoms with Crippen molar-refractivity contribution in [2.45, 2.75) is 43.4 Å². The van der Waals surface area contributed by atoms with Gasteiger partial charge in [-0.1, -0.05) is 0 Å². The number of benzene rings is 1. The predicted molar refractivity (Wildman–Crippen MR) is 94.9 cm³/mol. The molecule has 0 aliphatic carbocycles. The van der Waals surface area contributed by atoms with Crippen molar-refractivity contribution in [1.29, 1.82) is 0 Å². The number of amides is 1. The number of piperidine rings is 1. The first-order valence-corrected chi connectivity index (χ1v) is 8.96. The van der Waals surface area contributed by atoms with Crippen molar-refractivity contribution in [2.24, 2.45) is 7.05 Å². The predicted octanol–water partition coefficient (Wildman–Crippen LogP) is 2.01. The van der Waals surface area contributed by atoms with Crippen molar-refractivity contribution >= 4 is 11.6 Å². The minimum absolute atomic E-state index is 0.115. The summed E-state index contributed by atoms with van der Waals surface area (Å²) in [5.74, 6) is 0.256. The number of carbonyl (C=O) groups is 1. The first-order chi connectivity index (χ1) is 12.4. The fourth-order valence-corrected chi connectivity index (χ4v) is 4.47. The highest BCUT2D eigenvalue weighted by Gasteiger charge is 2.50. The van der Waals surface area contributed by atoms with Gasteiger partial charge in [0.2, 0.25) is 5.91 Å². The SMILES string of the molecule is Cn1ccnc1C1(O)C[C@@H]2CC[C@@H](C1)N2CC(=O)Nc1ccc(F)cc1. The zero-order chi connectivity index (χ0) is 18.3. The van der Waals surface area contributed by atoms with Crippen LogP contribution in [0.5, 0.6) is 0 Å². The standard InChI is InChI=1S/C19H23FN4O2/c1-23-9-8-21-18(23)19(26)10-15-6-7-16(11-19)24(15)12-17(25)22-14-4-2-13(20)3-5-14/h2-5,8-9,15-16,26H,6-7,10-12H2,1H3,(H,22,25)/t15-,16-/m0/s1. The third kappa shape index (κ3) is 3.12. The van der Waals surface area contributed by atoms with Gasteiger partial charge in [0.1, 0.15) is 17.2 Å². The van der Waals surface area contributed by atoms with E-state index in [1.807, 2.05) is 17.8 Å². The lowest BCUT2D eigenvalue weighted by Crippen LogP contribution is -2.52. The first kappa shape index (κ1) is 17.2. The third-order valence-electron chi connectivity index (χ3n) is 5.61. The summed E-state index contributed by atoms with van der Waals surface area (Å²) < 4.78 is 14.8. The van der Waals surface area contributed by atoms with Crippen LogP contribution in [0.1, 0.15) is 31.5 Å². The Kier molecular flexibility index (Phi) is 4.28. The molecule has 2 aliphatic heterocycles. The van der Waals surface area contributed by atoms with Crippen molar-refractivity contribution < 1.29 is 14.3 Å². The Morgan fingerprint density at radius 3 is 2.54 bits per heavy atom. The Morgan fingerprint density at radius 1 is 1.31 bits per heavy atom. The number of anilines is 1. The molecule has 0 spiro atoms. The van der Waals surface area contributed by atoms with Crippen LogP contribution in [0, 0.1) is 5.82 Å². The van der Waals surface area contributed by atoms with Gasteiger partial charge in [0, 0.05) is 37.2 Å². The Balaban J connectivity index is 1.43. The van der Waals surface area contributed by atoms with Crippen LogP contribution in [0.25, 0.3) is 0 Å². The van der Waals surface area contributed by atoms with Gasteiger partial charge in [-0.05, 0) is 49.9 Å². The van der Waals surface area contributed by atoms with Crippen LogP contribution in [0.15, 0.2) is 36.7 Å². The smallest absolute Gasteiger partial charge is 0.238 e. The molecule has 3 heterocycles. The molecule has 26 heavy (non-hydrogen) atoms. The highest BCUT2D eigenvalue weighted by Crippen LogP contribution is 2.44. The van der Waals surface area contributed by atoms with Gasteiger partial charge >= 0.3 is 0 Å². The number of imidazole rings is 1. The summed E-state index contributed by atoms with van der Waals surface area (Å²) in [6.45, 7) is 0.281. The van der Waals surface area contributed by atoms with Gasteiger partial charge in [0.05, 0.1) is 6.54 Å². The highest BCUT2D eigenvalue weighted by atomic mass is 19.1. The molecule has 2 bridgehead atoms. The van der Waals surface area contributed by atoms with E-state index in [0.717, 1.165) is 12.8 Å². The largest absolute Gasteiger partial charge is 0.382 e. The van der Waals surface area contributed by atoms with E-state index < -0.39 is 5.60 Å². The number of aliphatic hydroxyl groups is 1. The number of hydrogen-bond acceptors (Lipinski definition) is 4. The third-order valence-corrected chi connectivity index (χ3v) is 5.61. The number of nitrogens with one attached hydrogen (secondary N) is 1. The first-order valence-electron chi connectivity index (χ1n) is 8.96. The van der Waals surface area contributed by atoms with Crippen molar-refractivity contribution in [3.63, 3.8) is 0 Å². The van der Waals surface area contributed by atoms with Crippen LogP contribution in [-0.4, -0.2) is 44.1 Å². The van der Waals surface area contributed by atoms with Crippen LogP contribution in [0.2, 0.25) is 0 Å². The molecule has 2 N–H and O–H groups in total. The molecule has 1 amide bonds. The van der Waals surface area contributed by atoms with Crippen LogP contribution < -0.4 is 5.32 Å². The molecule has 1 aromatic carbocycles. The second kappa shape index (κ2) is 6.48. The maximum Gasteiger partial charge on any atom is 0.238 e. The molecular weight excluding hydrogens is 335 g/mol. The van der Waals surface area contributed by atoms with Gasteiger partial charge < -0.3 is 15.0 Å². The van der Waals surface area contributed by atoms with Gasteiger partial charge in [-0.3, -0.25) is 9.69 Å². The summed E-state index contributed by atoms with van der Waals surface area (Å²) in [6, 6.07) is 6.08. The van der Waals surface area contributed by atoms with E-state index in [1.165, 1.54) is 12.1 Å². The summed E-state index contributed by atoms with van der Waals surface area (Å²) >= 11 is 0. The molecule has 6 nitrogen and oxygen atoms in total. The Bertz CT molecular complexity index is 790. The molecule has 2 atom stereocenters. The van der Waals surface area contributed by atoms with E-state index in [4.69, 9.17) is 0 Å². The van der Waals surface area contributed by atoms with Gasteiger partial charge in [0.25, 0.3) is 0 Å². The van der Waals surface area contributed by atoms with Crippen LogP contribution in [-0.2, 0) is 17.4 Å². The number of fused-ring (bicyclic) bond motifs is 2. The average Bonchev–Trinajstić information content (AvgIpc) is 3.13. The zero-order valence-electron chi connectivity index (χ0n) is 14.7. The van der Waals surface area contributed by atoms with Gasteiger partial charge in [-0.25, -0.2) is 9.37 Å². The van der Waals surface area contributed by atoms with Crippen LogP contribution >= 0.6 is 0 Å². The van der Waals surface area contributed by atoms with Crippen molar-refractivity contribution in [1.82, 2.24) is 14.5 Å². The molecule has 138 valence electrons. The highest BCUT2D eigenvalue weighted by molar-refractivity contribution is 5.92. The molecule has 0 radical (unpaired) electrons. The molecule has 2 aliphatic rings. The zero-order valence-corrected chi connectivity index (χ0v) is 14.7. The van der Waals surface area contributed by atoms with Crippen LogP contribution in [0.3, 0.4) is 0 Å². The van der Waals surface area contributed by atoms with Crippen molar-refractivity contribution in [3.8, 4) is 0 Å². The van der Waals surface area contributed by atoms with E-state index in [2.05, 4.69) is 15.2 Å². The maximum absolute atomic E-state index is 13.0. The van der Waals surface area contributed by atoms with E-state index in [9.17, 15) is 14.3 Å². The van der Waals surface area contributed by atoms with E-state index in [-0.39, 0.29) is 30.4 Å². The number of rotatable bonds is 4. The molecule has 4 rings (SSSR count). The maximum atomic E-state index is 13.0. The Labute approximate surface area is 151 Å². The van der Waals surface area contributed by atoms with Crippen LogP contribution in [0.4, 0.5) is 10.1 Å². The number of nitrogens with zero attached hydrogens (tertiary/aromatic N) is 3. The monoisotopic (exact) mass is 358 g/mol. The van der Waals surface area contributed by atoms with Crippen molar-refractivity contribution in [3.05, 3.63) is 48.3 Å². The number of halogens is 1. The van der Waals surface area contributed by atoms with E-state index in [0.29, 0.717) is 24.4 Å². The topological polar surface area (TPSA) is 70.4 Å². The number of aryl methyl sites for hydroxylation is 1. The quantitative estimate of drug-likeness (QED) is 0.877. The Morgan fingerprint density at radius 2 is 1.96 bits per heavy atom. The normalized spacial score (nSPS) is 28.3. The number of carbonyl (C=O) groups excluding carboxylic acids is 1. The Hall–Kier alpha value is -2.25. The molecule has 0 saturated carbocycles. The summed E-state index contributed by atoms with van der Waals surface area (Å²) in [6.07, 6.45) is 6.66. The molecule has 7 heteroatoms. The molecule has 0 unspecified atom stereocenters. The van der Waals surface area contributed by atoms with Gasteiger partial charge in [-0.2, -0.15) is 0 Å². The summed E-state index contributed by atoms with van der Waals surface area (Å²) in [5.41, 5.74) is -0.348. The second-order valence-corrected chi connectivity index (χ2v) is 7.41. The molecular formula is C19H23FN4O2. The minimum Gasteiger partial charge on any atom is -0.382 e. The molecule has 2 saturated heterocycles. The fourth-order valence-electron chi connectivity index (χ4n) is 4.47. The van der Waals surface area contributed by atoms with Gasteiger partial charge in [0.15, 0.2) is 0 Å². The number of aromatic nitrogens is 2. The molecule has 2 aromatic rings. The summed E-state index contributed by atoms with van der Waals surface area (Å²) in [7, 11) is 1.89. The number of hydrogen-bond donors (Lipinski definition) is 2. The lowest BCUT2D eigenvalue weighted by Gasteiger charge is -2.43. The summed E-state index contributed by atoms with van der Waals surface area (Å²) in [5, 5.41) is 14.0. The minimum atomic E-state index is -0.936. The molecule has 2 fully saturated rings. The second-order valence-electron chi connectivity index (χ2n) is 7.41. The molecule has 1 aromatic heterocycles. The van der Waals surface area contributed by atoms with E-state index in [1.54, 1.807) is 18.3 Å². The van der Waals surface area contributed by atoms with Gasteiger partial charge in [-0.15, -0.1) is 0 Å². The average molecular weight is 358 g/mol. The van der Waals surface area contributed by atoms with E-state index >= 15 is 0 Å². The lowest BCUT2D eigenvalue weighted by molar-refractivity contribution is -0.121. The fraction of sp³-hybridized carbons (Fsp3) is 0.474. The lowest BCUT2D eigenvalue weighted by atomic mass is 9.85. The van der Waals surface area contributed by atoms with Crippen molar-refractivity contribution in [2.75, 3.05) is 11.9 Å². The summed E-state index contributed by atoms with van der Waals surface area (Å²) in [4.78, 5) is 18.9.